The summed E-state index contributed by atoms with van der Waals surface area (Å²) in [6.45, 7) is 3.98. The highest BCUT2D eigenvalue weighted by Crippen LogP contribution is 2.24. The average Bonchev–Trinajstić information content (AvgIpc) is 2.90. The number of rotatable bonds is 3. The molecule has 0 atom stereocenters. The molecule has 8 heteroatoms. The van der Waals surface area contributed by atoms with Crippen LogP contribution in [0.4, 0.5) is 5.95 Å². The molecule has 0 unspecified atom stereocenters. The largest absolute Gasteiger partial charge is 0.368 e. The molecule has 0 aliphatic heterocycles. The molecule has 0 amide bonds. The Balaban J connectivity index is 1.95. The van der Waals surface area contributed by atoms with Gasteiger partial charge in [-0.1, -0.05) is 0 Å². The minimum Gasteiger partial charge on any atom is -0.368 e. The van der Waals surface area contributed by atoms with Crippen LogP contribution in [0.1, 0.15) is 11.3 Å². The number of hydrogen-bond acceptors (Lipinski definition) is 7. The summed E-state index contributed by atoms with van der Waals surface area (Å²) in [5, 5.41) is 5.40. The quantitative estimate of drug-likeness (QED) is 0.787. The predicted octanol–water partition coefficient (Wildman–Crippen LogP) is 1.80. The number of nitrogens with two attached hydrogens (primary N) is 1. The van der Waals surface area contributed by atoms with Gasteiger partial charge in [0.25, 0.3) is 5.95 Å². The first-order valence-corrected chi connectivity index (χ1v) is 7.06. The molecule has 0 aromatic carbocycles. The molecule has 0 radical (unpaired) electrons. The van der Waals surface area contributed by atoms with E-state index in [4.69, 9.17) is 5.73 Å². The zero-order chi connectivity index (χ0) is 14.8. The highest BCUT2D eigenvalue weighted by Gasteiger charge is 2.09. The fourth-order valence-corrected chi connectivity index (χ4v) is 2.73. The summed E-state index contributed by atoms with van der Waals surface area (Å²) in [5.41, 5.74) is 7.83. The van der Waals surface area contributed by atoms with Gasteiger partial charge >= 0.3 is 0 Å². The van der Waals surface area contributed by atoms with E-state index in [-0.39, 0.29) is 5.95 Å². The topological polar surface area (TPSA) is 95.4 Å². The first-order valence-electron chi connectivity index (χ1n) is 6.25. The molecule has 0 spiro atoms. The van der Waals surface area contributed by atoms with Crippen molar-refractivity contribution in [2.24, 2.45) is 0 Å². The molecule has 0 saturated carbocycles. The van der Waals surface area contributed by atoms with Crippen LogP contribution in [0.15, 0.2) is 40.8 Å². The van der Waals surface area contributed by atoms with Crippen LogP contribution < -0.4 is 5.73 Å². The lowest BCUT2D eigenvalue weighted by atomic mass is 10.3. The first kappa shape index (κ1) is 13.5. The molecule has 3 rings (SSSR count). The Morgan fingerprint density at radius 3 is 2.67 bits per heavy atom. The van der Waals surface area contributed by atoms with E-state index in [1.165, 1.54) is 16.4 Å². The lowest BCUT2D eigenvalue weighted by molar-refractivity contribution is 0.764. The van der Waals surface area contributed by atoms with Gasteiger partial charge in [0.05, 0.1) is 0 Å². The third-order valence-electron chi connectivity index (χ3n) is 2.60. The summed E-state index contributed by atoms with van der Waals surface area (Å²) in [4.78, 5) is 17.0. The maximum absolute atomic E-state index is 5.74. The van der Waals surface area contributed by atoms with Gasteiger partial charge in [-0.3, -0.25) is 0 Å². The summed E-state index contributed by atoms with van der Waals surface area (Å²) >= 11 is 1.35. The van der Waals surface area contributed by atoms with Crippen LogP contribution >= 0.6 is 11.8 Å². The molecule has 7 nitrogen and oxygen atoms in total. The highest BCUT2D eigenvalue weighted by molar-refractivity contribution is 7.99. The molecule has 0 aliphatic carbocycles. The first-order chi connectivity index (χ1) is 10.1. The molecule has 3 aromatic rings. The maximum Gasteiger partial charge on any atom is 0.256 e. The summed E-state index contributed by atoms with van der Waals surface area (Å²) < 4.78 is 1.54. The lowest BCUT2D eigenvalue weighted by Gasteiger charge is -2.05. The molecule has 0 aliphatic rings. The molecule has 3 heterocycles. The van der Waals surface area contributed by atoms with Crippen molar-refractivity contribution in [1.29, 1.82) is 0 Å². The summed E-state index contributed by atoms with van der Waals surface area (Å²) in [7, 11) is 0. The second-order valence-electron chi connectivity index (χ2n) is 4.45. The Morgan fingerprint density at radius 1 is 1.10 bits per heavy atom. The Hall–Kier alpha value is -2.48. The van der Waals surface area contributed by atoms with Gasteiger partial charge in [0, 0.05) is 18.1 Å². The molecule has 21 heavy (non-hydrogen) atoms. The van der Waals surface area contributed by atoms with E-state index in [0.29, 0.717) is 11.1 Å². The molecule has 0 bridgehead atoms. The molecule has 106 valence electrons. The average molecular weight is 299 g/mol. The van der Waals surface area contributed by atoms with Crippen molar-refractivity contribution >= 4 is 17.7 Å². The second kappa shape index (κ2) is 5.49. The van der Waals surface area contributed by atoms with Crippen LogP contribution in [0.25, 0.3) is 5.95 Å². The SMILES string of the molecule is Cc1cc(C)nc(Sc2nc(N)nc(-n3cccn3)n2)c1. The number of pyridine rings is 1. The lowest BCUT2D eigenvalue weighted by Crippen LogP contribution is -2.07. The van der Waals surface area contributed by atoms with Crippen LogP contribution in [-0.4, -0.2) is 29.7 Å². The molecule has 0 saturated heterocycles. The third-order valence-corrected chi connectivity index (χ3v) is 3.38. The van der Waals surface area contributed by atoms with Crippen LogP contribution in [0.5, 0.6) is 0 Å². The van der Waals surface area contributed by atoms with Gasteiger partial charge in [0.15, 0.2) is 0 Å². The van der Waals surface area contributed by atoms with Crippen molar-refractivity contribution in [3.05, 3.63) is 41.9 Å². The van der Waals surface area contributed by atoms with Gasteiger partial charge in [-0.15, -0.1) is 0 Å². The Morgan fingerprint density at radius 2 is 1.95 bits per heavy atom. The second-order valence-corrected chi connectivity index (χ2v) is 5.44. The van der Waals surface area contributed by atoms with Gasteiger partial charge in [-0.2, -0.15) is 20.1 Å². The summed E-state index contributed by atoms with van der Waals surface area (Å²) in [6.07, 6.45) is 3.40. The van der Waals surface area contributed by atoms with Crippen LogP contribution in [0.3, 0.4) is 0 Å². The molecule has 2 N–H and O–H groups in total. The monoisotopic (exact) mass is 299 g/mol. The molecular weight excluding hydrogens is 286 g/mol. The standard InChI is InChI=1S/C13H13N7S/c1-8-6-9(2)16-10(7-8)21-13-18-11(14)17-12(19-13)20-5-3-4-15-20/h3-7H,1-2H3,(H2,14,17,18,19). The molecule has 3 aromatic heterocycles. The third kappa shape index (κ3) is 3.16. The summed E-state index contributed by atoms with van der Waals surface area (Å²) in [6, 6.07) is 5.78. The minimum absolute atomic E-state index is 0.155. The van der Waals surface area contributed by atoms with Gasteiger partial charge in [0.1, 0.15) is 5.03 Å². The van der Waals surface area contributed by atoms with E-state index in [0.717, 1.165) is 16.3 Å². The number of aryl methyl sites for hydroxylation is 2. The van der Waals surface area contributed by atoms with E-state index in [2.05, 4.69) is 25.0 Å². The number of nitrogens with zero attached hydrogens (tertiary/aromatic N) is 6. The van der Waals surface area contributed by atoms with E-state index < -0.39 is 0 Å². The number of aromatic nitrogens is 6. The Bertz CT molecular complexity index is 750. The van der Waals surface area contributed by atoms with Crippen LogP contribution in [0, 0.1) is 13.8 Å². The van der Waals surface area contributed by atoms with Crippen molar-refractivity contribution in [3.63, 3.8) is 0 Å². The van der Waals surface area contributed by atoms with Crippen molar-refractivity contribution in [2.75, 3.05) is 5.73 Å². The Kier molecular flexibility index (Phi) is 3.53. The molecule has 0 fully saturated rings. The van der Waals surface area contributed by atoms with Gasteiger partial charge in [0.2, 0.25) is 11.1 Å². The van der Waals surface area contributed by atoms with E-state index in [9.17, 15) is 0 Å². The molecular formula is C13H13N7S. The maximum atomic E-state index is 5.74. The number of hydrogen-bond donors (Lipinski definition) is 1. The van der Waals surface area contributed by atoms with Gasteiger partial charge < -0.3 is 5.73 Å². The van der Waals surface area contributed by atoms with Crippen LogP contribution in [-0.2, 0) is 0 Å². The smallest absolute Gasteiger partial charge is 0.256 e. The predicted molar refractivity (Wildman–Crippen MR) is 79.2 cm³/mol. The summed E-state index contributed by atoms with van der Waals surface area (Å²) in [5.74, 6) is 0.543. The van der Waals surface area contributed by atoms with Crippen molar-refractivity contribution in [3.8, 4) is 5.95 Å². The minimum atomic E-state index is 0.155. The Labute approximate surface area is 125 Å². The van der Waals surface area contributed by atoms with Crippen molar-refractivity contribution in [2.45, 2.75) is 24.0 Å². The fraction of sp³-hybridized carbons (Fsp3) is 0.154. The van der Waals surface area contributed by atoms with Crippen molar-refractivity contribution < 1.29 is 0 Å². The van der Waals surface area contributed by atoms with E-state index in [1.54, 1.807) is 18.5 Å². The zero-order valence-corrected chi connectivity index (χ0v) is 12.4. The zero-order valence-electron chi connectivity index (χ0n) is 11.6. The number of anilines is 1. The van der Waals surface area contributed by atoms with Crippen molar-refractivity contribution in [1.82, 2.24) is 29.7 Å². The normalized spacial score (nSPS) is 10.8. The fourth-order valence-electron chi connectivity index (χ4n) is 1.85. The van der Waals surface area contributed by atoms with Crippen LogP contribution in [0.2, 0.25) is 0 Å². The number of nitrogen functional groups attached to an aromatic ring is 1. The van der Waals surface area contributed by atoms with E-state index in [1.807, 2.05) is 26.0 Å². The van der Waals surface area contributed by atoms with Gasteiger partial charge in [-0.05, 0) is 49.4 Å². The van der Waals surface area contributed by atoms with E-state index >= 15 is 0 Å². The van der Waals surface area contributed by atoms with Gasteiger partial charge in [-0.25, -0.2) is 9.67 Å². The highest BCUT2D eigenvalue weighted by atomic mass is 32.2.